The highest BCUT2D eigenvalue weighted by molar-refractivity contribution is 7.80. The summed E-state index contributed by atoms with van der Waals surface area (Å²) in [6.45, 7) is 7.27. The van der Waals surface area contributed by atoms with Crippen LogP contribution in [0.15, 0.2) is 0 Å². The number of hydrogen-bond donors (Lipinski definition) is 2. The Balaban J connectivity index is 2.52. The van der Waals surface area contributed by atoms with E-state index in [1.807, 2.05) is 6.92 Å². The Bertz CT molecular complexity index is 322. The normalized spacial score (nSPS) is 26.6. The van der Waals surface area contributed by atoms with Gasteiger partial charge in [0.2, 0.25) is 5.91 Å². The van der Waals surface area contributed by atoms with E-state index in [2.05, 4.69) is 12.2 Å². The average Bonchev–Trinajstić information content (AvgIpc) is 2.81. The Morgan fingerprint density at radius 1 is 1.56 bits per heavy atom. The van der Waals surface area contributed by atoms with E-state index in [0.29, 0.717) is 18.9 Å². The third kappa shape index (κ3) is 3.20. The van der Waals surface area contributed by atoms with E-state index >= 15 is 0 Å². The molecule has 3 atom stereocenters. The second-order valence-corrected chi connectivity index (χ2v) is 5.57. The molecule has 104 valence electrons. The molecule has 3 N–H and O–H groups in total. The standard InChI is InChI=1S/C13H24N2O2S/c1-4-10-9(6-7-17-10)8-15-12(16)13(3,5-2)11(14)18/h9-10H,4-8H2,1-3H3,(H2,14,18)(H,15,16). The van der Waals surface area contributed by atoms with Gasteiger partial charge in [-0.2, -0.15) is 0 Å². The summed E-state index contributed by atoms with van der Waals surface area (Å²) >= 11 is 4.99. The topological polar surface area (TPSA) is 64.3 Å². The van der Waals surface area contributed by atoms with Gasteiger partial charge in [-0.15, -0.1) is 0 Å². The molecular weight excluding hydrogens is 248 g/mol. The van der Waals surface area contributed by atoms with E-state index < -0.39 is 5.41 Å². The first-order chi connectivity index (χ1) is 8.45. The lowest BCUT2D eigenvalue weighted by atomic mass is 9.86. The van der Waals surface area contributed by atoms with Crippen molar-refractivity contribution < 1.29 is 9.53 Å². The van der Waals surface area contributed by atoms with Crippen molar-refractivity contribution in [1.29, 1.82) is 0 Å². The first kappa shape index (κ1) is 15.4. The third-order valence-corrected chi connectivity index (χ3v) is 4.48. The molecule has 0 aromatic carbocycles. The van der Waals surface area contributed by atoms with Crippen LogP contribution in [0, 0.1) is 11.3 Å². The molecule has 1 rings (SSSR count). The maximum Gasteiger partial charge on any atom is 0.232 e. The summed E-state index contributed by atoms with van der Waals surface area (Å²) in [4.78, 5) is 12.4. The second-order valence-electron chi connectivity index (χ2n) is 5.13. The van der Waals surface area contributed by atoms with Gasteiger partial charge in [0.15, 0.2) is 0 Å². The van der Waals surface area contributed by atoms with Crippen molar-refractivity contribution in [3.8, 4) is 0 Å². The van der Waals surface area contributed by atoms with Crippen LogP contribution in [-0.4, -0.2) is 30.2 Å². The fourth-order valence-electron chi connectivity index (χ4n) is 2.24. The molecule has 1 aliphatic heterocycles. The van der Waals surface area contributed by atoms with Crippen molar-refractivity contribution >= 4 is 23.1 Å². The molecule has 0 bridgehead atoms. The van der Waals surface area contributed by atoms with Crippen molar-refractivity contribution in [1.82, 2.24) is 5.32 Å². The number of nitrogens with two attached hydrogens (primary N) is 1. The minimum absolute atomic E-state index is 0.0701. The van der Waals surface area contributed by atoms with Gasteiger partial charge in [0.05, 0.1) is 16.5 Å². The van der Waals surface area contributed by atoms with Gasteiger partial charge in [-0.25, -0.2) is 0 Å². The highest BCUT2D eigenvalue weighted by Gasteiger charge is 2.35. The van der Waals surface area contributed by atoms with Crippen molar-refractivity contribution in [3.63, 3.8) is 0 Å². The molecule has 0 radical (unpaired) electrons. The molecule has 0 aromatic rings. The van der Waals surface area contributed by atoms with Crippen LogP contribution < -0.4 is 11.1 Å². The van der Waals surface area contributed by atoms with Crippen molar-refractivity contribution in [2.75, 3.05) is 13.2 Å². The summed E-state index contributed by atoms with van der Waals surface area (Å²) in [7, 11) is 0. The Morgan fingerprint density at radius 3 is 2.72 bits per heavy atom. The van der Waals surface area contributed by atoms with E-state index in [1.165, 1.54) is 0 Å². The van der Waals surface area contributed by atoms with Crippen molar-refractivity contribution in [3.05, 3.63) is 0 Å². The van der Waals surface area contributed by atoms with Crippen LogP contribution in [0.25, 0.3) is 0 Å². The number of hydrogen-bond acceptors (Lipinski definition) is 3. The van der Waals surface area contributed by atoms with E-state index in [-0.39, 0.29) is 17.0 Å². The van der Waals surface area contributed by atoms with Crippen molar-refractivity contribution in [2.24, 2.45) is 17.1 Å². The summed E-state index contributed by atoms with van der Waals surface area (Å²) in [5, 5.41) is 2.98. The first-order valence-electron chi connectivity index (χ1n) is 6.65. The lowest BCUT2D eigenvalue weighted by Gasteiger charge is -2.27. The molecule has 1 heterocycles. The maximum absolute atomic E-state index is 12.2. The molecule has 0 saturated carbocycles. The predicted molar refractivity (Wildman–Crippen MR) is 76.3 cm³/mol. The molecule has 0 aromatic heterocycles. The molecule has 1 fully saturated rings. The Kier molecular flexibility index (Phi) is 5.53. The molecular formula is C13H24N2O2S. The number of ether oxygens (including phenoxy) is 1. The molecule has 4 nitrogen and oxygen atoms in total. The number of nitrogens with one attached hydrogen (secondary N) is 1. The minimum atomic E-state index is -0.740. The number of carbonyl (C=O) groups is 1. The summed E-state index contributed by atoms with van der Waals surface area (Å²) < 4.78 is 5.60. The summed E-state index contributed by atoms with van der Waals surface area (Å²) in [6, 6.07) is 0. The van der Waals surface area contributed by atoms with E-state index in [1.54, 1.807) is 6.92 Å². The fourth-order valence-corrected chi connectivity index (χ4v) is 2.48. The Labute approximate surface area is 115 Å². The average molecular weight is 272 g/mol. The summed E-state index contributed by atoms with van der Waals surface area (Å²) in [5.41, 5.74) is 4.93. The molecule has 0 aliphatic carbocycles. The lowest BCUT2D eigenvalue weighted by molar-refractivity contribution is -0.127. The molecule has 1 aliphatic rings. The Morgan fingerprint density at radius 2 is 2.22 bits per heavy atom. The second kappa shape index (κ2) is 6.48. The highest BCUT2D eigenvalue weighted by atomic mass is 32.1. The number of rotatable bonds is 6. The molecule has 0 spiro atoms. The minimum Gasteiger partial charge on any atom is -0.392 e. The molecule has 1 saturated heterocycles. The van der Waals surface area contributed by atoms with Crippen molar-refractivity contribution in [2.45, 2.75) is 46.1 Å². The van der Waals surface area contributed by atoms with Gasteiger partial charge in [0.1, 0.15) is 0 Å². The van der Waals surface area contributed by atoms with Crippen LogP contribution in [0.3, 0.4) is 0 Å². The third-order valence-electron chi connectivity index (χ3n) is 4.03. The fraction of sp³-hybridized carbons (Fsp3) is 0.846. The zero-order chi connectivity index (χ0) is 13.8. The van der Waals surface area contributed by atoms with Crippen LogP contribution in [0.4, 0.5) is 0 Å². The van der Waals surface area contributed by atoms with Crippen LogP contribution in [0.5, 0.6) is 0 Å². The lowest BCUT2D eigenvalue weighted by Crippen LogP contribution is -2.48. The molecule has 18 heavy (non-hydrogen) atoms. The zero-order valence-corrected chi connectivity index (χ0v) is 12.3. The smallest absolute Gasteiger partial charge is 0.232 e. The van der Waals surface area contributed by atoms with Gasteiger partial charge in [-0.3, -0.25) is 4.79 Å². The van der Waals surface area contributed by atoms with Crippen LogP contribution >= 0.6 is 12.2 Å². The van der Waals surface area contributed by atoms with E-state index in [0.717, 1.165) is 19.4 Å². The maximum atomic E-state index is 12.2. The van der Waals surface area contributed by atoms with Crippen LogP contribution in [-0.2, 0) is 9.53 Å². The molecule has 5 heteroatoms. The monoisotopic (exact) mass is 272 g/mol. The van der Waals surface area contributed by atoms with Gasteiger partial charge in [0, 0.05) is 19.1 Å². The van der Waals surface area contributed by atoms with E-state index in [4.69, 9.17) is 22.7 Å². The predicted octanol–water partition coefficient (Wildman–Crippen LogP) is 1.62. The number of carbonyl (C=O) groups excluding carboxylic acids is 1. The quantitative estimate of drug-likeness (QED) is 0.721. The number of thiocarbonyl (C=S) groups is 1. The Hall–Kier alpha value is -0.680. The zero-order valence-electron chi connectivity index (χ0n) is 11.5. The van der Waals surface area contributed by atoms with Gasteiger partial charge in [0.25, 0.3) is 0 Å². The first-order valence-corrected chi connectivity index (χ1v) is 7.06. The van der Waals surface area contributed by atoms with Gasteiger partial charge >= 0.3 is 0 Å². The summed E-state index contributed by atoms with van der Waals surface area (Å²) in [6.07, 6.45) is 2.88. The number of amides is 1. The SMILES string of the molecule is CCC1OCCC1CNC(=O)C(C)(CC)C(N)=S. The molecule has 1 amide bonds. The van der Waals surface area contributed by atoms with Gasteiger partial charge in [-0.05, 0) is 26.2 Å². The van der Waals surface area contributed by atoms with Crippen LogP contribution in [0.1, 0.15) is 40.0 Å². The van der Waals surface area contributed by atoms with Crippen LogP contribution in [0.2, 0.25) is 0 Å². The molecule has 3 unspecified atom stereocenters. The highest BCUT2D eigenvalue weighted by Crippen LogP contribution is 2.25. The van der Waals surface area contributed by atoms with E-state index in [9.17, 15) is 4.79 Å². The largest absolute Gasteiger partial charge is 0.392 e. The van der Waals surface area contributed by atoms with Gasteiger partial charge in [-0.1, -0.05) is 26.1 Å². The summed E-state index contributed by atoms with van der Waals surface area (Å²) in [5.74, 6) is 0.339. The van der Waals surface area contributed by atoms with Gasteiger partial charge < -0.3 is 15.8 Å².